The number of fused-ring (bicyclic) bond motifs is 6. The van der Waals surface area contributed by atoms with Gasteiger partial charge in [0.15, 0.2) is 0 Å². The third-order valence-electron chi connectivity index (χ3n) is 11.8. The van der Waals surface area contributed by atoms with Gasteiger partial charge in [-0.15, -0.1) is 10.2 Å². The molecule has 2 heterocycles. The number of benzene rings is 10. The van der Waals surface area contributed by atoms with Gasteiger partial charge in [0.05, 0.1) is 11.2 Å². The maximum atomic E-state index is 4.98. The Hall–Kier alpha value is -7.95. The summed E-state index contributed by atoms with van der Waals surface area (Å²) in [5, 5.41) is 20.8. The number of hydrogen-bond acceptors (Lipinski definition) is 3. The van der Waals surface area contributed by atoms with Gasteiger partial charge in [0.25, 0.3) is 0 Å². The van der Waals surface area contributed by atoms with Gasteiger partial charge in [0.2, 0.25) is 0 Å². The van der Waals surface area contributed by atoms with Crippen molar-refractivity contribution in [2.45, 2.75) is 0 Å². The van der Waals surface area contributed by atoms with E-state index in [0.717, 1.165) is 49.9 Å². The summed E-state index contributed by atoms with van der Waals surface area (Å²) in [6, 6.07) is 72.0. The van der Waals surface area contributed by atoms with E-state index in [1.54, 1.807) is 4.80 Å². The summed E-state index contributed by atoms with van der Waals surface area (Å²) < 4.78 is 0. The Kier molecular flexibility index (Phi) is 7.50. The van der Waals surface area contributed by atoms with Crippen molar-refractivity contribution in [2.75, 3.05) is 0 Å². The molecule has 59 heavy (non-hydrogen) atoms. The molecular formula is C55H34N4. The minimum atomic E-state index is 0.843. The summed E-state index contributed by atoms with van der Waals surface area (Å²) >= 11 is 0. The van der Waals surface area contributed by atoms with Gasteiger partial charge < -0.3 is 0 Å². The Morgan fingerprint density at radius 1 is 0.288 bits per heavy atom. The minimum absolute atomic E-state index is 0.843. The lowest BCUT2D eigenvalue weighted by Gasteiger charge is -2.19. The molecule has 0 unspecified atom stereocenters. The average molecular weight is 751 g/mol. The summed E-state index contributed by atoms with van der Waals surface area (Å²) in [4.78, 5) is 6.39. The molecule has 4 heteroatoms. The second-order valence-electron chi connectivity index (χ2n) is 15.3. The number of pyridine rings is 1. The molecule has 274 valence electrons. The van der Waals surface area contributed by atoms with E-state index in [4.69, 9.17) is 10.2 Å². The summed E-state index contributed by atoms with van der Waals surface area (Å²) in [7, 11) is 0. The van der Waals surface area contributed by atoms with Crippen LogP contribution in [-0.4, -0.2) is 20.0 Å². The van der Waals surface area contributed by atoms with Crippen molar-refractivity contribution in [2.24, 2.45) is 0 Å². The SMILES string of the molecule is c1ccc2cc(-c3c4ccccc4c(-c4ccc5ccccc5c4)c4cc(-c5ccc6nn(-c7ccc(-c8cnc9ccccc9c8)cc7)nc6c5)ccc34)ccc2c1. The number of hydrogen-bond donors (Lipinski definition) is 0. The molecule has 0 aliphatic rings. The predicted octanol–water partition coefficient (Wildman–Crippen LogP) is 14.2. The molecule has 0 aliphatic carbocycles. The minimum Gasteiger partial charge on any atom is -0.256 e. The van der Waals surface area contributed by atoms with Crippen LogP contribution in [-0.2, 0) is 0 Å². The maximum Gasteiger partial charge on any atom is 0.114 e. The molecule has 10 aromatic carbocycles. The van der Waals surface area contributed by atoms with E-state index in [9.17, 15) is 0 Å². The van der Waals surface area contributed by atoms with Gasteiger partial charge in [-0.2, -0.15) is 4.80 Å². The zero-order chi connectivity index (χ0) is 38.9. The van der Waals surface area contributed by atoms with Crippen molar-refractivity contribution in [3.63, 3.8) is 0 Å². The predicted molar refractivity (Wildman–Crippen MR) is 246 cm³/mol. The Morgan fingerprint density at radius 3 is 1.51 bits per heavy atom. The van der Waals surface area contributed by atoms with Crippen LogP contribution in [0.25, 0.3) is 115 Å². The molecule has 12 rings (SSSR count). The van der Waals surface area contributed by atoms with Gasteiger partial charge in [-0.1, -0.05) is 146 Å². The first kappa shape index (κ1) is 33.2. The Bertz CT molecular complexity index is 3620. The fraction of sp³-hybridized carbons (Fsp3) is 0. The van der Waals surface area contributed by atoms with Crippen molar-refractivity contribution in [3.8, 4) is 50.2 Å². The Morgan fingerprint density at radius 2 is 0.797 bits per heavy atom. The highest BCUT2D eigenvalue weighted by atomic mass is 15.5. The number of nitrogens with zero attached hydrogens (tertiary/aromatic N) is 4. The maximum absolute atomic E-state index is 4.98. The summed E-state index contributed by atoms with van der Waals surface area (Å²) in [6.45, 7) is 0. The fourth-order valence-corrected chi connectivity index (χ4v) is 8.90. The number of rotatable bonds is 5. The van der Waals surface area contributed by atoms with Crippen LogP contribution >= 0.6 is 0 Å². The first-order chi connectivity index (χ1) is 29.2. The molecule has 0 bridgehead atoms. The highest BCUT2D eigenvalue weighted by Crippen LogP contribution is 2.46. The molecule has 0 radical (unpaired) electrons. The quantitative estimate of drug-likeness (QED) is 0.165. The first-order valence-electron chi connectivity index (χ1n) is 20.0. The van der Waals surface area contributed by atoms with Crippen molar-refractivity contribution in [3.05, 3.63) is 206 Å². The van der Waals surface area contributed by atoms with Crippen LogP contribution in [0.3, 0.4) is 0 Å². The topological polar surface area (TPSA) is 43.6 Å². The van der Waals surface area contributed by atoms with Gasteiger partial charge in [-0.25, -0.2) is 0 Å². The van der Waals surface area contributed by atoms with E-state index >= 15 is 0 Å². The second kappa shape index (κ2) is 13.3. The van der Waals surface area contributed by atoms with E-state index in [2.05, 4.69) is 187 Å². The van der Waals surface area contributed by atoms with Gasteiger partial charge in [0.1, 0.15) is 11.0 Å². The standard InChI is InChI=1S/C55H34N4/c1-3-11-38-29-43(19-17-35(38)9-1)54-47-14-6-7-15-48(47)55(44-20-18-36-10-2-4-12-39(36)30-44)50-32-40(23-27-49(50)54)41-24-28-52-53(33-41)58-59(57-52)46-25-21-37(22-26-46)45-31-42-13-5-8-16-51(42)56-34-45/h1-34H. The smallest absolute Gasteiger partial charge is 0.114 e. The lowest BCUT2D eigenvalue weighted by molar-refractivity contribution is 0.766. The third-order valence-corrected chi connectivity index (χ3v) is 11.8. The van der Waals surface area contributed by atoms with Crippen molar-refractivity contribution >= 4 is 65.0 Å². The summed E-state index contributed by atoms with van der Waals surface area (Å²) in [6.07, 6.45) is 1.93. The largest absolute Gasteiger partial charge is 0.256 e. The van der Waals surface area contributed by atoms with E-state index in [-0.39, 0.29) is 0 Å². The summed E-state index contributed by atoms with van der Waals surface area (Å²) in [5.41, 5.74) is 12.9. The van der Waals surface area contributed by atoms with Crippen LogP contribution in [0.4, 0.5) is 0 Å². The zero-order valence-electron chi connectivity index (χ0n) is 31.9. The van der Waals surface area contributed by atoms with Crippen molar-refractivity contribution in [1.29, 1.82) is 0 Å². The molecule has 0 saturated carbocycles. The van der Waals surface area contributed by atoms with Crippen LogP contribution in [0, 0.1) is 0 Å². The zero-order valence-corrected chi connectivity index (χ0v) is 31.9. The van der Waals surface area contributed by atoms with Crippen LogP contribution in [0.15, 0.2) is 206 Å². The highest BCUT2D eigenvalue weighted by molar-refractivity contribution is 6.22. The molecule has 0 fully saturated rings. The molecule has 0 spiro atoms. The van der Waals surface area contributed by atoms with Gasteiger partial charge >= 0.3 is 0 Å². The fourth-order valence-electron chi connectivity index (χ4n) is 8.90. The summed E-state index contributed by atoms with van der Waals surface area (Å²) in [5.74, 6) is 0. The van der Waals surface area contributed by atoms with Gasteiger partial charge in [-0.3, -0.25) is 4.98 Å². The highest BCUT2D eigenvalue weighted by Gasteiger charge is 2.19. The lowest BCUT2D eigenvalue weighted by atomic mass is 9.84. The van der Waals surface area contributed by atoms with E-state index < -0.39 is 0 Å². The number of aromatic nitrogens is 4. The first-order valence-corrected chi connectivity index (χ1v) is 20.0. The molecular weight excluding hydrogens is 717 g/mol. The monoisotopic (exact) mass is 750 g/mol. The number of para-hydroxylation sites is 1. The molecule has 0 saturated heterocycles. The van der Waals surface area contributed by atoms with Crippen LogP contribution in [0.5, 0.6) is 0 Å². The van der Waals surface area contributed by atoms with E-state index in [1.807, 2.05) is 24.4 Å². The van der Waals surface area contributed by atoms with Crippen LogP contribution in [0.1, 0.15) is 0 Å². The Labute approximate surface area is 340 Å². The molecule has 4 nitrogen and oxygen atoms in total. The molecule has 0 N–H and O–H groups in total. The normalized spacial score (nSPS) is 11.7. The Balaban J connectivity index is 0.996. The van der Waals surface area contributed by atoms with Gasteiger partial charge in [-0.05, 0) is 137 Å². The molecule has 12 aromatic rings. The molecule has 0 atom stereocenters. The molecule has 2 aromatic heterocycles. The average Bonchev–Trinajstić information content (AvgIpc) is 3.74. The van der Waals surface area contributed by atoms with E-state index in [0.29, 0.717) is 0 Å². The van der Waals surface area contributed by atoms with Gasteiger partial charge in [0, 0.05) is 17.1 Å². The van der Waals surface area contributed by atoms with E-state index in [1.165, 1.54) is 65.3 Å². The van der Waals surface area contributed by atoms with Crippen molar-refractivity contribution in [1.82, 2.24) is 20.0 Å². The van der Waals surface area contributed by atoms with Crippen LogP contribution in [0.2, 0.25) is 0 Å². The van der Waals surface area contributed by atoms with Crippen LogP contribution < -0.4 is 0 Å². The lowest BCUT2D eigenvalue weighted by Crippen LogP contribution is -1.98. The third kappa shape index (κ3) is 5.65. The molecule has 0 aliphatic heterocycles. The second-order valence-corrected chi connectivity index (χ2v) is 15.3. The van der Waals surface area contributed by atoms with Crippen molar-refractivity contribution < 1.29 is 0 Å². The molecule has 0 amide bonds.